The van der Waals surface area contributed by atoms with Gasteiger partial charge in [0.2, 0.25) is 5.91 Å². The number of benzene rings is 4. The molecule has 0 unspecified atom stereocenters. The fourth-order valence-corrected chi connectivity index (χ4v) is 7.29. The summed E-state index contributed by atoms with van der Waals surface area (Å²) in [5.41, 5.74) is 1.62. The van der Waals surface area contributed by atoms with Gasteiger partial charge >= 0.3 is 6.18 Å². The van der Waals surface area contributed by atoms with Gasteiger partial charge in [0, 0.05) is 42.4 Å². The lowest BCUT2D eigenvalue weighted by atomic mass is 10.0. The average molecular weight is 772 g/mol. The largest absolute Gasteiger partial charge is 0.416 e. The summed E-state index contributed by atoms with van der Waals surface area (Å²) < 4.78 is 71.1. The maximum absolute atomic E-state index is 14.5. The van der Waals surface area contributed by atoms with E-state index in [1.54, 1.807) is 69.5 Å². The molecule has 0 spiro atoms. The predicted octanol–water partition coefficient (Wildman–Crippen LogP) is 9.80. The molecule has 2 heterocycles. The number of alkyl halides is 3. The zero-order valence-electron chi connectivity index (χ0n) is 27.4. The van der Waals surface area contributed by atoms with Crippen LogP contribution in [0.5, 0.6) is 0 Å². The number of halogens is 7. The number of imidazole rings is 1. The third-order valence-electron chi connectivity index (χ3n) is 8.56. The minimum atomic E-state index is -4.44. The number of rotatable bonds is 11. The lowest BCUT2D eigenvalue weighted by Crippen LogP contribution is -2.36. The monoisotopic (exact) mass is 770 g/mol. The predicted molar refractivity (Wildman–Crippen MR) is 193 cm³/mol. The number of amides is 1. The molecule has 0 atom stereocenters. The van der Waals surface area contributed by atoms with Gasteiger partial charge in [0.15, 0.2) is 22.2 Å². The molecule has 0 radical (unpaired) electrons. The highest BCUT2D eigenvalue weighted by molar-refractivity contribution is 7.98. The summed E-state index contributed by atoms with van der Waals surface area (Å²) in [6.45, 7) is 2.13. The van der Waals surface area contributed by atoms with Gasteiger partial charge < -0.3 is 14.0 Å². The molecule has 0 aliphatic carbocycles. The van der Waals surface area contributed by atoms with Crippen molar-refractivity contribution in [2.75, 3.05) is 6.54 Å². The first kappa shape index (κ1) is 37.1. The Balaban J connectivity index is 1.30. The molecule has 0 bridgehead atoms. The van der Waals surface area contributed by atoms with Crippen molar-refractivity contribution < 1.29 is 26.7 Å². The normalized spacial score (nSPS) is 11.7. The molecule has 6 aromatic rings. The Morgan fingerprint density at radius 1 is 0.885 bits per heavy atom. The van der Waals surface area contributed by atoms with Crippen molar-refractivity contribution in [3.63, 3.8) is 0 Å². The number of pyridine rings is 1. The molecule has 14 heteroatoms. The number of fused-ring (bicyclic) bond motifs is 1. The maximum atomic E-state index is 14.5. The fourth-order valence-electron chi connectivity index (χ4n) is 5.78. The first-order valence-corrected chi connectivity index (χ1v) is 17.6. The van der Waals surface area contributed by atoms with Gasteiger partial charge in [0.05, 0.1) is 16.1 Å². The van der Waals surface area contributed by atoms with Crippen LogP contribution >= 0.6 is 35.0 Å². The van der Waals surface area contributed by atoms with Gasteiger partial charge in [-0.1, -0.05) is 83.9 Å². The van der Waals surface area contributed by atoms with Crippen LogP contribution in [0.1, 0.15) is 22.5 Å². The molecule has 1 amide bonds. The Hall–Kier alpha value is -4.65. The van der Waals surface area contributed by atoms with Gasteiger partial charge in [-0.2, -0.15) is 13.2 Å². The van der Waals surface area contributed by atoms with Crippen LogP contribution in [-0.4, -0.2) is 31.5 Å². The van der Waals surface area contributed by atoms with E-state index in [2.05, 4.69) is 4.98 Å². The zero-order chi connectivity index (χ0) is 37.2. The highest BCUT2D eigenvalue weighted by Crippen LogP contribution is 2.32. The molecule has 0 aliphatic rings. The van der Waals surface area contributed by atoms with E-state index in [-0.39, 0.29) is 59.1 Å². The summed E-state index contributed by atoms with van der Waals surface area (Å²) in [5.74, 6) is -1.73. The Kier molecular flexibility index (Phi) is 11.1. The van der Waals surface area contributed by atoms with Gasteiger partial charge in [-0.15, -0.1) is 11.8 Å². The molecular formula is C38H29Cl2F5N4O2S. The van der Waals surface area contributed by atoms with E-state index in [4.69, 9.17) is 23.2 Å². The Morgan fingerprint density at radius 2 is 1.56 bits per heavy atom. The second kappa shape index (κ2) is 15.5. The zero-order valence-corrected chi connectivity index (χ0v) is 29.8. The van der Waals surface area contributed by atoms with Crippen molar-refractivity contribution in [1.29, 1.82) is 0 Å². The van der Waals surface area contributed by atoms with Crippen LogP contribution in [0.2, 0.25) is 10.3 Å². The quantitative estimate of drug-likeness (QED) is 0.0973. The summed E-state index contributed by atoms with van der Waals surface area (Å²) >= 11 is 13.7. The highest BCUT2D eigenvalue weighted by atomic mass is 35.5. The molecule has 52 heavy (non-hydrogen) atoms. The molecule has 6 nitrogen and oxygen atoms in total. The van der Waals surface area contributed by atoms with Crippen molar-refractivity contribution >= 4 is 51.8 Å². The van der Waals surface area contributed by atoms with Gasteiger partial charge in [0.1, 0.15) is 17.5 Å². The molecular weight excluding hydrogens is 742 g/mol. The van der Waals surface area contributed by atoms with Crippen molar-refractivity contribution in [3.05, 3.63) is 152 Å². The maximum Gasteiger partial charge on any atom is 0.416 e. The van der Waals surface area contributed by atoms with Gasteiger partial charge in [-0.05, 0) is 53.9 Å². The van der Waals surface area contributed by atoms with Crippen LogP contribution in [0, 0.1) is 18.6 Å². The third-order valence-corrected chi connectivity index (χ3v) is 10.4. The molecule has 4 aromatic carbocycles. The van der Waals surface area contributed by atoms with Crippen molar-refractivity contribution in [2.24, 2.45) is 0 Å². The molecule has 0 saturated heterocycles. The number of carbonyl (C=O) groups excluding carboxylic acids is 1. The van der Waals surface area contributed by atoms with Crippen LogP contribution in [0.15, 0.2) is 107 Å². The van der Waals surface area contributed by atoms with E-state index in [9.17, 15) is 31.5 Å². The lowest BCUT2D eigenvalue weighted by Gasteiger charge is -2.26. The van der Waals surface area contributed by atoms with E-state index in [0.717, 1.165) is 35.5 Å². The molecule has 0 saturated carbocycles. The third kappa shape index (κ3) is 8.19. The number of nitrogens with zero attached hydrogens (tertiary/aromatic N) is 4. The highest BCUT2D eigenvalue weighted by Gasteiger charge is 2.30. The van der Waals surface area contributed by atoms with Crippen LogP contribution in [-0.2, 0) is 36.4 Å². The van der Waals surface area contributed by atoms with Crippen molar-refractivity contribution in [2.45, 2.75) is 43.5 Å². The summed E-state index contributed by atoms with van der Waals surface area (Å²) in [6.07, 6.45) is -4.44. The average Bonchev–Trinajstić information content (AvgIpc) is 3.37. The Labute approximate surface area is 309 Å². The number of hydrogen-bond acceptors (Lipinski definition) is 4. The number of aromatic nitrogens is 3. The Morgan fingerprint density at radius 3 is 2.21 bits per heavy atom. The van der Waals surface area contributed by atoms with Crippen molar-refractivity contribution in [1.82, 2.24) is 19.0 Å². The molecule has 0 N–H and O–H groups in total. The topological polar surface area (TPSA) is 60.1 Å². The molecule has 0 fully saturated rings. The number of hydrogen-bond donors (Lipinski definition) is 0. The second-order valence-electron chi connectivity index (χ2n) is 11.9. The van der Waals surface area contributed by atoms with E-state index in [1.807, 2.05) is 0 Å². The van der Waals surface area contributed by atoms with E-state index in [1.165, 1.54) is 30.3 Å². The SMILES string of the molecule is Cc1nc(Cl)c(Cl)n1CCN(Cc1ccc(-c2ccc(C(F)(F)F)cc2)cc1)C(=O)Cn1c(SCc2cccc(F)c2F)cc(=O)c2ccccc21. The summed E-state index contributed by atoms with van der Waals surface area (Å²) in [4.78, 5) is 33.2. The second-order valence-corrected chi connectivity index (χ2v) is 13.6. The van der Waals surface area contributed by atoms with Gasteiger partial charge in [-0.3, -0.25) is 9.59 Å². The summed E-state index contributed by atoms with van der Waals surface area (Å²) in [6, 6.07) is 24.1. The van der Waals surface area contributed by atoms with E-state index < -0.39 is 23.4 Å². The van der Waals surface area contributed by atoms with E-state index >= 15 is 0 Å². The van der Waals surface area contributed by atoms with Crippen LogP contribution < -0.4 is 5.43 Å². The van der Waals surface area contributed by atoms with Crippen LogP contribution in [0.3, 0.4) is 0 Å². The number of thioether (sulfide) groups is 1. The number of para-hydroxylation sites is 1. The minimum absolute atomic E-state index is 0.00369. The Bertz CT molecular complexity index is 2310. The molecule has 268 valence electrons. The molecule has 0 aliphatic heterocycles. The minimum Gasteiger partial charge on any atom is -0.335 e. The molecule has 2 aromatic heterocycles. The number of aryl methyl sites for hydroxylation is 1. The fraction of sp³-hybridized carbons (Fsp3) is 0.184. The lowest BCUT2D eigenvalue weighted by molar-refractivity contribution is -0.137. The van der Waals surface area contributed by atoms with Crippen LogP contribution in [0.4, 0.5) is 22.0 Å². The van der Waals surface area contributed by atoms with Crippen LogP contribution in [0.25, 0.3) is 22.0 Å². The van der Waals surface area contributed by atoms with E-state index in [0.29, 0.717) is 32.9 Å². The first-order valence-electron chi connectivity index (χ1n) is 15.9. The van der Waals surface area contributed by atoms with Gasteiger partial charge in [-0.25, -0.2) is 13.8 Å². The van der Waals surface area contributed by atoms with Crippen molar-refractivity contribution in [3.8, 4) is 11.1 Å². The first-order chi connectivity index (χ1) is 24.8. The number of carbonyl (C=O) groups is 1. The smallest absolute Gasteiger partial charge is 0.335 e. The van der Waals surface area contributed by atoms with Gasteiger partial charge in [0.25, 0.3) is 0 Å². The summed E-state index contributed by atoms with van der Waals surface area (Å²) in [5, 5.41) is 1.13. The summed E-state index contributed by atoms with van der Waals surface area (Å²) in [7, 11) is 0. The molecule has 6 rings (SSSR count). The standard InChI is InChI=1S/C38H29Cl2F5N4O2S/c1-23-46-36(39)37(40)48(23)18-17-47(20-24-9-11-25(12-10-24)26-13-15-28(16-14-26)38(43,44)45)33(51)21-49-31-8-3-2-6-29(31)32(50)19-34(49)52-22-27-5-4-7-30(41)35(27)42/h2-16,19H,17-18,20-22H2,1H3.